The van der Waals surface area contributed by atoms with Crippen LogP contribution in [0.5, 0.6) is 0 Å². The summed E-state index contributed by atoms with van der Waals surface area (Å²) < 4.78 is 0. The Hall–Kier alpha value is -2.62. The highest BCUT2D eigenvalue weighted by Gasteiger charge is 2.33. The topological polar surface area (TPSA) is 40.6 Å². The van der Waals surface area contributed by atoms with Gasteiger partial charge >= 0.3 is 0 Å². The van der Waals surface area contributed by atoms with Gasteiger partial charge in [0.1, 0.15) is 0 Å². The average Bonchev–Trinajstić information content (AvgIpc) is 3.37. The molecule has 0 spiro atoms. The van der Waals surface area contributed by atoms with E-state index in [1.807, 2.05) is 41.3 Å². The molecule has 4 nitrogen and oxygen atoms in total. The van der Waals surface area contributed by atoms with Crippen molar-refractivity contribution in [3.05, 3.63) is 65.2 Å². The van der Waals surface area contributed by atoms with Gasteiger partial charge in [0, 0.05) is 37.3 Å². The molecule has 2 aliphatic rings. The highest BCUT2D eigenvalue weighted by Crippen LogP contribution is 2.32. The lowest BCUT2D eigenvalue weighted by molar-refractivity contribution is -0.116. The number of hydrogen-bond donors (Lipinski definition) is 0. The maximum Gasteiger partial charge on any atom is 0.254 e. The maximum atomic E-state index is 13.1. The van der Waals surface area contributed by atoms with Gasteiger partial charge in [-0.15, -0.1) is 0 Å². The van der Waals surface area contributed by atoms with Gasteiger partial charge in [-0.05, 0) is 48.6 Å². The van der Waals surface area contributed by atoms with Crippen LogP contribution in [-0.2, 0) is 17.8 Å². The average molecular weight is 334 g/mol. The van der Waals surface area contributed by atoms with Crippen molar-refractivity contribution in [3.8, 4) is 0 Å². The molecule has 2 aromatic rings. The van der Waals surface area contributed by atoms with Crippen molar-refractivity contribution < 1.29 is 9.59 Å². The van der Waals surface area contributed by atoms with E-state index in [9.17, 15) is 9.59 Å². The minimum Gasteiger partial charge on any atom is -0.331 e. The van der Waals surface area contributed by atoms with E-state index in [1.165, 1.54) is 0 Å². The fourth-order valence-corrected chi connectivity index (χ4v) is 3.56. The fourth-order valence-electron chi connectivity index (χ4n) is 3.56. The summed E-state index contributed by atoms with van der Waals surface area (Å²) in [5.74, 6) is 0.150. The third kappa shape index (κ3) is 3.16. The second-order valence-electron chi connectivity index (χ2n) is 6.91. The predicted molar refractivity (Wildman–Crippen MR) is 97.5 cm³/mol. The molecule has 1 fully saturated rings. The van der Waals surface area contributed by atoms with Gasteiger partial charge in [0.15, 0.2) is 0 Å². The lowest BCUT2D eigenvalue weighted by atomic mass is 10.1. The molecule has 1 aliphatic heterocycles. The van der Waals surface area contributed by atoms with E-state index in [0.29, 0.717) is 19.1 Å². The molecule has 0 aromatic heterocycles. The molecule has 0 bridgehead atoms. The standard InChI is InChI=1S/C21H22N2O2/c1-15(24)22-12-11-17-13-18(7-10-20(17)22)21(25)23(19-8-9-19)14-16-5-3-2-4-6-16/h2-7,10,13,19H,8-9,11-12,14H2,1H3. The first-order chi connectivity index (χ1) is 12.1. The fraction of sp³-hybridized carbons (Fsp3) is 0.333. The number of anilines is 1. The van der Waals surface area contributed by atoms with Crippen LogP contribution < -0.4 is 4.90 Å². The van der Waals surface area contributed by atoms with Crippen LogP contribution >= 0.6 is 0 Å². The molecule has 1 saturated carbocycles. The highest BCUT2D eigenvalue weighted by molar-refractivity contribution is 5.98. The number of carbonyl (C=O) groups excluding carboxylic acids is 2. The summed E-state index contributed by atoms with van der Waals surface area (Å²) in [7, 11) is 0. The van der Waals surface area contributed by atoms with Gasteiger partial charge in [-0.25, -0.2) is 0 Å². The molecular formula is C21H22N2O2. The quantitative estimate of drug-likeness (QED) is 0.860. The van der Waals surface area contributed by atoms with E-state index in [2.05, 4.69) is 12.1 Å². The molecule has 0 atom stereocenters. The zero-order valence-electron chi connectivity index (χ0n) is 14.4. The SMILES string of the molecule is CC(=O)N1CCc2cc(C(=O)N(Cc3ccccc3)C3CC3)ccc21. The van der Waals surface area contributed by atoms with Crippen molar-refractivity contribution in [1.29, 1.82) is 0 Å². The predicted octanol–water partition coefficient (Wildman–Crippen LogP) is 3.40. The minimum absolute atomic E-state index is 0.0570. The Balaban J connectivity index is 1.58. The monoisotopic (exact) mass is 334 g/mol. The number of rotatable bonds is 4. The summed E-state index contributed by atoms with van der Waals surface area (Å²) in [5, 5.41) is 0. The summed E-state index contributed by atoms with van der Waals surface area (Å²) in [5.41, 5.74) is 3.93. The Morgan fingerprint density at radius 1 is 1.12 bits per heavy atom. The van der Waals surface area contributed by atoms with E-state index in [0.717, 1.165) is 41.6 Å². The summed E-state index contributed by atoms with van der Waals surface area (Å²) in [6.45, 7) is 2.95. The van der Waals surface area contributed by atoms with Crippen molar-refractivity contribution in [2.75, 3.05) is 11.4 Å². The number of benzene rings is 2. The zero-order valence-corrected chi connectivity index (χ0v) is 14.4. The van der Waals surface area contributed by atoms with Crippen LogP contribution in [-0.4, -0.2) is 29.3 Å². The smallest absolute Gasteiger partial charge is 0.254 e. The summed E-state index contributed by atoms with van der Waals surface area (Å²) in [6, 6.07) is 16.3. The van der Waals surface area contributed by atoms with Crippen molar-refractivity contribution in [1.82, 2.24) is 4.90 Å². The van der Waals surface area contributed by atoms with E-state index in [1.54, 1.807) is 11.8 Å². The third-order valence-corrected chi connectivity index (χ3v) is 5.05. The molecule has 2 amide bonds. The first kappa shape index (κ1) is 15.9. The largest absolute Gasteiger partial charge is 0.331 e. The van der Waals surface area contributed by atoms with E-state index >= 15 is 0 Å². The van der Waals surface area contributed by atoms with Crippen LogP contribution in [0.2, 0.25) is 0 Å². The van der Waals surface area contributed by atoms with Crippen molar-refractivity contribution >= 4 is 17.5 Å². The number of carbonyl (C=O) groups is 2. The van der Waals surface area contributed by atoms with Crippen molar-refractivity contribution in [2.45, 2.75) is 38.8 Å². The molecule has 1 aliphatic carbocycles. The van der Waals surface area contributed by atoms with Crippen LogP contribution in [0, 0.1) is 0 Å². The lowest BCUT2D eigenvalue weighted by Crippen LogP contribution is -2.32. The molecule has 0 N–H and O–H groups in total. The first-order valence-corrected chi connectivity index (χ1v) is 8.89. The van der Waals surface area contributed by atoms with Crippen molar-refractivity contribution in [2.24, 2.45) is 0 Å². The van der Waals surface area contributed by atoms with Gasteiger partial charge < -0.3 is 9.80 Å². The van der Waals surface area contributed by atoms with E-state index < -0.39 is 0 Å². The Bertz CT molecular complexity index is 812. The molecule has 4 rings (SSSR count). The molecule has 0 radical (unpaired) electrons. The van der Waals surface area contributed by atoms with Crippen LogP contribution in [0.4, 0.5) is 5.69 Å². The molecule has 1 heterocycles. The van der Waals surface area contributed by atoms with Crippen LogP contribution in [0.25, 0.3) is 0 Å². The van der Waals surface area contributed by atoms with Gasteiger partial charge in [-0.2, -0.15) is 0 Å². The maximum absolute atomic E-state index is 13.1. The highest BCUT2D eigenvalue weighted by atomic mass is 16.2. The Kier molecular flexibility index (Phi) is 4.04. The zero-order chi connectivity index (χ0) is 17.4. The van der Waals surface area contributed by atoms with Crippen molar-refractivity contribution in [3.63, 3.8) is 0 Å². The minimum atomic E-state index is 0.0570. The van der Waals surface area contributed by atoms with Crippen LogP contribution in [0.3, 0.4) is 0 Å². The number of amides is 2. The molecule has 0 unspecified atom stereocenters. The van der Waals surface area contributed by atoms with E-state index in [-0.39, 0.29) is 11.8 Å². The van der Waals surface area contributed by atoms with Gasteiger partial charge in [-0.3, -0.25) is 9.59 Å². The second kappa shape index (κ2) is 6.36. The lowest BCUT2D eigenvalue weighted by Gasteiger charge is -2.23. The Labute approximate surface area is 148 Å². The van der Waals surface area contributed by atoms with E-state index in [4.69, 9.17) is 0 Å². The number of nitrogens with zero attached hydrogens (tertiary/aromatic N) is 2. The third-order valence-electron chi connectivity index (χ3n) is 5.05. The van der Waals surface area contributed by atoms with Gasteiger partial charge in [0.2, 0.25) is 5.91 Å². The normalized spacial score (nSPS) is 15.8. The number of fused-ring (bicyclic) bond motifs is 1. The summed E-state index contributed by atoms with van der Waals surface area (Å²) in [4.78, 5) is 28.6. The molecule has 0 saturated heterocycles. The summed E-state index contributed by atoms with van der Waals surface area (Å²) in [6.07, 6.45) is 2.99. The second-order valence-corrected chi connectivity index (χ2v) is 6.91. The van der Waals surface area contributed by atoms with Gasteiger partial charge in [0.05, 0.1) is 0 Å². The molecule has 128 valence electrons. The van der Waals surface area contributed by atoms with Gasteiger partial charge in [0.25, 0.3) is 5.91 Å². The first-order valence-electron chi connectivity index (χ1n) is 8.89. The van der Waals surface area contributed by atoms with Crippen LogP contribution in [0.1, 0.15) is 41.3 Å². The molecule has 25 heavy (non-hydrogen) atoms. The number of hydrogen-bond acceptors (Lipinski definition) is 2. The van der Waals surface area contributed by atoms with Crippen LogP contribution in [0.15, 0.2) is 48.5 Å². The molecule has 2 aromatic carbocycles. The van der Waals surface area contributed by atoms with Gasteiger partial charge in [-0.1, -0.05) is 30.3 Å². The Morgan fingerprint density at radius 2 is 1.88 bits per heavy atom. The Morgan fingerprint density at radius 3 is 2.56 bits per heavy atom. The molecule has 4 heteroatoms. The summed E-state index contributed by atoms with van der Waals surface area (Å²) >= 11 is 0. The molecular weight excluding hydrogens is 312 g/mol.